The number of nitrogens with zero attached hydrogens (tertiary/aromatic N) is 3. The van der Waals surface area contributed by atoms with Gasteiger partial charge in [-0.3, -0.25) is 0 Å². The van der Waals surface area contributed by atoms with Crippen molar-refractivity contribution in [3.05, 3.63) is 54.1 Å². The zero-order chi connectivity index (χ0) is 19.2. The zero-order valence-electron chi connectivity index (χ0n) is 17.1. The second-order valence-electron chi connectivity index (χ2n) is 8.13. The predicted molar refractivity (Wildman–Crippen MR) is 112 cm³/mol. The molecule has 5 nitrogen and oxygen atoms in total. The summed E-state index contributed by atoms with van der Waals surface area (Å²) >= 11 is 0. The minimum absolute atomic E-state index is 0.0832. The lowest BCUT2D eigenvalue weighted by Gasteiger charge is -2.38. The molecule has 0 saturated carbocycles. The van der Waals surface area contributed by atoms with Gasteiger partial charge in [0.05, 0.1) is 0 Å². The number of aryl methyl sites for hydroxylation is 1. The highest BCUT2D eigenvalue weighted by atomic mass is 16.5. The second kappa shape index (κ2) is 9.68. The summed E-state index contributed by atoms with van der Waals surface area (Å²) in [4.78, 5) is 7.22. The molecule has 1 N–H and O–H groups in total. The molecule has 0 amide bonds. The van der Waals surface area contributed by atoms with E-state index in [1.807, 2.05) is 6.20 Å². The fourth-order valence-electron chi connectivity index (χ4n) is 4.61. The third-order valence-corrected chi connectivity index (χ3v) is 6.26. The Morgan fingerprint density at radius 3 is 2.75 bits per heavy atom. The summed E-state index contributed by atoms with van der Waals surface area (Å²) in [6.45, 7) is 7.50. The van der Waals surface area contributed by atoms with Gasteiger partial charge in [0.2, 0.25) is 0 Å². The highest BCUT2D eigenvalue weighted by molar-refractivity contribution is 5.14. The summed E-state index contributed by atoms with van der Waals surface area (Å²) in [6, 6.07) is 11.8. The largest absolute Gasteiger partial charge is 0.369 e. The van der Waals surface area contributed by atoms with Crippen LogP contribution in [-0.4, -0.2) is 52.8 Å². The predicted octanol–water partition coefficient (Wildman–Crippen LogP) is 3.42. The highest BCUT2D eigenvalue weighted by Crippen LogP contribution is 2.28. The Morgan fingerprint density at radius 1 is 1.14 bits per heavy atom. The van der Waals surface area contributed by atoms with Crippen molar-refractivity contribution in [2.75, 3.05) is 26.2 Å². The Bertz CT molecular complexity index is 708. The van der Waals surface area contributed by atoms with Crippen LogP contribution < -0.4 is 5.32 Å². The smallest absolute Gasteiger partial charge is 0.139 e. The number of hydrogen-bond donors (Lipinski definition) is 1. The molecule has 2 aliphatic rings. The molecular formula is C23H34N4O. The van der Waals surface area contributed by atoms with E-state index in [4.69, 9.17) is 4.74 Å². The molecule has 2 fully saturated rings. The summed E-state index contributed by atoms with van der Waals surface area (Å²) < 4.78 is 8.39. The van der Waals surface area contributed by atoms with E-state index in [0.29, 0.717) is 12.1 Å². The van der Waals surface area contributed by atoms with E-state index in [9.17, 15) is 0 Å². The van der Waals surface area contributed by atoms with Gasteiger partial charge in [-0.25, -0.2) is 4.98 Å². The maximum Gasteiger partial charge on any atom is 0.139 e. The molecule has 0 spiro atoms. The molecule has 2 aliphatic heterocycles. The van der Waals surface area contributed by atoms with Crippen LogP contribution in [0.5, 0.6) is 0 Å². The first kappa shape index (κ1) is 19.6. The topological polar surface area (TPSA) is 42.3 Å². The fourth-order valence-corrected chi connectivity index (χ4v) is 4.61. The van der Waals surface area contributed by atoms with Crippen molar-refractivity contribution in [2.24, 2.45) is 0 Å². The van der Waals surface area contributed by atoms with Crippen molar-refractivity contribution in [1.82, 2.24) is 19.8 Å². The van der Waals surface area contributed by atoms with Gasteiger partial charge in [-0.15, -0.1) is 0 Å². The maximum atomic E-state index is 6.17. The molecule has 0 bridgehead atoms. The van der Waals surface area contributed by atoms with Crippen LogP contribution in [-0.2, 0) is 17.7 Å². The third kappa shape index (κ3) is 4.83. The molecule has 0 radical (unpaired) electrons. The molecule has 0 unspecified atom stereocenters. The molecular weight excluding hydrogens is 348 g/mol. The average molecular weight is 383 g/mol. The highest BCUT2D eigenvalue weighted by Gasteiger charge is 2.32. The minimum atomic E-state index is 0.0832. The summed E-state index contributed by atoms with van der Waals surface area (Å²) in [7, 11) is 0. The number of imidazole rings is 1. The van der Waals surface area contributed by atoms with Gasteiger partial charge in [-0.1, -0.05) is 30.3 Å². The first-order valence-electron chi connectivity index (χ1n) is 11.0. The van der Waals surface area contributed by atoms with E-state index in [-0.39, 0.29) is 6.10 Å². The van der Waals surface area contributed by atoms with Crippen LogP contribution in [0.4, 0.5) is 0 Å². The zero-order valence-corrected chi connectivity index (χ0v) is 17.1. The molecule has 1 aromatic heterocycles. The lowest BCUT2D eigenvalue weighted by Crippen LogP contribution is -2.50. The number of hydrogen-bond acceptors (Lipinski definition) is 4. The SMILES string of the molecule is CCn1ccnc1[C@H]1OCCC[C@@H]1NC1CCN(CCc2ccccc2)CC1. The Balaban J connectivity index is 1.27. The van der Waals surface area contributed by atoms with Crippen molar-refractivity contribution in [3.8, 4) is 0 Å². The molecule has 2 saturated heterocycles. The van der Waals surface area contributed by atoms with Gasteiger partial charge in [0.25, 0.3) is 0 Å². The number of aromatic nitrogens is 2. The second-order valence-corrected chi connectivity index (χ2v) is 8.13. The van der Waals surface area contributed by atoms with Gasteiger partial charge >= 0.3 is 0 Å². The molecule has 2 aromatic rings. The summed E-state index contributed by atoms with van der Waals surface area (Å²) in [5, 5.41) is 3.94. The molecule has 0 aliphatic carbocycles. The van der Waals surface area contributed by atoms with Crippen molar-refractivity contribution >= 4 is 0 Å². The molecule has 1 aromatic carbocycles. The molecule has 4 rings (SSSR count). The summed E-state index contributed by atoms with van der Waals surface area (Å²) in [5.74, 6) is 1.08. The minimum Gasteiger partial charge on any atom is -0.369 e. The fraction of sp³-hybridized carbons (Fsp3) is 0.609. The molecule has 5 heteroatoms. The van der Waals surface area contributed by atoms with Crippen LogP contribution in [0.25, 0.3) is 0 Å². The quantitative estimate of drug-likeness (QED) is 0.797. The normalized spacial score (nSPS) is 24.5. The van der Waals surface area contributed by atoms with Crippen LogP contribution in [0.2, 0.25) is 0 Å². The van der Waals surface area contributed by atoms with Gasteiger partial charge in [0, 0.05) is 44.2 Å². The van der Waals surface area contributed by atoms with Crippen molar-refractivity contribution in [1.29, 1.82) is 0 Å². The number of likely N-dealkylation sites (tertiary alicyclic amines) is 1. The summed E-state index contributed by atoms with van der Waals surface area (Å²) in [6.07, 6.45) is 9.96. The van der Waals surface area contributed by atoms with Crippen LogP contribution >= 0.6 is 0 Å². The van der Waals surface area contributed by atoms with E-state index < -0.39 is 0 Å². The molecule has 28 heavy (non-hydrogen) atoms. The molecule has 2 atom stereocenters. The van der Waals surface area contributed by atoms with Crippen molar-refractivity contribution in [3.63, 3.8) is 0 Å². The Morgan fingerprint density at radius 2 is 1.96 bits per heavy atom. The lowest BCUT2D eigenvalue weighted by molar-refractivity contribution is -0.0229. The number of rotatable bonds is 7. The number of ether oxygens (including phenoxy) is 1. The monoisotopic (exact) mass is 382 g/mol. The van der Waals surface area contributed by atoms with Gasteiger partial charge in [0.15, 0.2) is 0 Å². The third-order valence-electron chi connectivity index (χ3n) is 6.26. The standard InChI is InChI=1S/C23H34N4O/c1-2-27-17-13-24-23(27)22-21(9-6-18-28-22)25-20-11-15-26(16-12-20)14-10-19-7-4-3-5-8-19/h3-5,7-8,13,17,20-22,25H,2,6,9-12,14-16,18H2,1H3/t21-,22-/m0/s1. The van der Waals surface area contributed by atoms with E-state index in [0.717, 1.165) is 31.8 Å². The van der Waals surface area contributed by atoms with Crippen molar-refractivity contribution < 1.29 is 4.74 Å². The Labute approximate surface area is 169 Å². The molecule has 3 heterocycles. The van der Waals surface area contributed by atoms with Crippen LogP contribution in [0.1, 0.15) is 50.1 Å². The van der Waals surface area contributed by atoms with Crippen LogP contribution in [0.15, 0.2) is 42.7 Å². The van der Waals surface area contributed by atoms with Gasteiger partial charge in [-0.05, 0) is 57.7 Å². The average Bonchev–Trinajstić information content (AvgIpc) is 3.23. The first-order valence-corrected chi connectivity index (χ1v) is 11.0. The van der Waals surface area contributed by atoms with Crippen LogP contribution in [0, 0.1) is 0 Å². The van der Waals surface area contributed by atoms with E-state index in [1.54, 1.807) is 0 Å². The van der Waals surface area contributed by atoms with Gasteiger partial charge in [0.1, 0.15) is 11.9 Å². The van der Waals surface area contributed by atoms with Crippen LogP contribution in [0.3, 0.4) is 0 Å². The molecule has 152 valence electrons. The van der Waals surface area contributed by atoms with E-state index in [1.165, 1.54) is 44.5 Å². The lowest BCUT2D eigenvalue weighted by atomic mass is 9.97. The Hall–Kier alpha value is -1.69. The van der Waals surface area contributed by atoms with E-state index in [2.05, 4.69) is 63.2 Å². The van der Waals surface area contributed by atoms with Gasteiger partial charge < -0.3 is 19.5 Å². The maximum absolute atomic E-state index is 6.17. The number of benzene rings is 1. The van der Waals surface area contributed by atoms with Gasteiger partial charge in [-0.2, -0.15) is 0 Å². The van der Waals surface area contributed by atoms with Crippen molar-refractivity contribution in [2.45, 2.75) is 63.8 Å². The Kier molecular flexibility index (Phi) is 6.78. The number of piperidine rings is 1. The first-order chi connectivity index (χ1) is 13.8. The van der Waals surface area contributed by atoms with E-state index >= 15 is 0 Å². The summed E-state index contributed by atoms with van der Waals surface area (Å²) in [5.41, 5.74) is 1.44. The number of nitrogens with one attached hydrogen (secondary N) is 1.